The summed E-state index contributed by atoms with van der Waals surface area (Å²) < 4.78 is 0. The van der Waals surface area contributed by atoms with Crippen LogP contribution in [0.5, 0.6) is 0 Å². The van der Waals surface area contributed by atoms with Gasteiger partial charge in [-0.1, -0.05) is 13.8 Å². The van der Waals surface area contributed by atoms with Crippen molar-refractivity contribution < 1.29 is 0 Å². The normalized spacial score (nSPS) is 19.4. The van der Waals surface area contributed by atoms with Crippen molar-refractivity contribution >= 4 is 0 Å². The van der Waals surface area contributed by atoms with Crippen LogP contribution in [0.2, 0.25) is 0 Å². The van der Waals surface area contributed by atoms with E-state index in [1.807, 2.05) is 0 Å². The van der Waals surface area contributed by atoms with Gasteiger partial charge in [0, 0.05) is 19.6 Å². The average Bonchev–Trinajstić information content (AvgIpc) is 2.34. The second kappa shape index (κ2) is 3.75. The third-order valence-electron chi connectivity index (χ3n) is 1.97. The minimum Gasteiger partial charge on any atom is -0.298 e. The summed E-state index contributed by atoms with van der Waals surface area (Å²) in [6.07, 6.45) is 1.11. The van der Waals surface area contributed by atoms with Crippen LogP contribution in [0.25, 0.3) is 0 Å². The van der Waals surface area contributed by atoms with Crippen molar-refractivity contribution in [3.05, 3.63) is 17.9 Å². The molecular formula is C10H16N. The van der Waals surface area contributed by atoms with Crippen LogP contribution in [0.15, 0.2) is 11.3 Å². The van der Waals surface area contributed by atoms with E-state index in [-0.39, 0.29) is 0 Å². The van der Waals surface area contributed by atoms with E-state index >= 15 is 0 Å². The molecule has 0 amide bonds. The maximum atomic E-state index is 5.31. The second-order valence-corrected chi connectivity index (χ2v) is 3.63. The summed E-state index contributed by atoms with van der Waals surface area (Å²) in [5.41, 5.74) is 4.01. The van der Waals surface area contributed by atoms with Crippen LogP contribution < -0.4 is 0 Å². The molecule has 0 N–H and O–H groups in total. The Kier molecular flexibility index (Phi) is 2.92. The third-order valence-corrected chi connectivity index (χ3v) is 1.97. The van der Waals surface area contributed by atoms with Crippen LogP contribution in [0.1, 0.15) is 20.3 Å². The smallest absolute Gasteiger partial charge is 0.0269 e. The molecule has 1 aliphatic heterocycles. The number of nitrogens with zero attached hydrogens (tertiary/aromatic N) is 1. The zero-order valence-electron chi connectivity index (χ0n) is 7.43. The van der Waals surface area contributed by atoms with Gasteiger partial charge in [0.15, 0.2) is 0 Å². The summed E-state index contributed by atoms with van der Waals surface area (Å²) in [7, 11) is 0. The Morgan fingerprint density at radius 2 is 2.36 bits per heavy atom. The van der Waals surface area contributed by atoms with Gasteiger partial charge in [-0.05, 0) is 24.5 Å². The average molecular weight is 150 g/mol. The predicted molar refractivity (Wildman–Crippen MR) is 47.2 cm³/mol. The van der Waals surface area contributed by atoms with Gasteiger partial charge in [0.2, 0.25) is 0 Å². The molecule has 0 spiro atoms. The van der Waals surface area contributed by atoms with Crippen molar-refractivity contribution in [1.29, 1.82) is 0 Å². The lowest BCUT2D eigenvalue weighted by Gasteiger charge is -2.16. The summed E-state index contributed by atoms with van der Waals surface area (Å²) in [6.45, 7) is 13.2. The maximum absolute atomic E-state index is 5.31. The van der Waals surface area contributed by atoms with Crippen molar-refractivity contribution in [3.63, 3.8) is 0 Å². The largest absolute Gasteiger partial charge is 0.298 e. The molecule has 1 aliphatic rings. The molecule has 1 heterocycles. The number of hydrogen-bond acceptors (Lipinski definition) is 1. The Labute approximate surface area is 69.4 Å². The zero-order valence-corrected chi connectivity index (χ0v) is 7.43. The first kappa shape index (κ1) is 8.58. The van der Waals surface area contributed by atoms with Crippen molar-refractivity contribution in [3.8, 4) is 0 Å². The molecular weight excluding hydrogens is 134 g/mol. The Morgan fingerprint density at radius 3 is 2.82 bits per heavy atom. The standard InChI is InChI=1S/C10H16N/c1-4-10-5-6-11(8-10)7-9(2)3/h1,9H,5-8H2,2-3H3. The third kappa shape index (κ3) is 2.53. The highest BCUT2D eigenvalue weighted by Gasteiger charge is 2.15. The summed E-state index contributed by atoms with van der Waals surface area (Å²) in [5.74, 6) is 0.757. The summed E-state index contributed by atoms with van der Waals surface area (Å²) in [5, 5.41) is 0. The van der Waals surface area contributed by atoms with E-state index in [9.17, 15) is 0 Å². The molecule has 0 atom stereocenters. The molecule has 1 heteroatoms. The van der Waals surface area contributed by atoms with Crippen molar-refractivity contribution in [2.75, 3.05) is 19.6 Å². The topological polar surface area (TPSA) is 3.24 Å². The van der Waals surface area contributed by atoms with E-state index in [1.165, 1.54) is 12.1 Å². The molecule has 0 unspecified atom stereocenters. The fraction of sp³-hybridized carbons (Fsp3) is 0.700. The first-order chi connectivity index (χ1) is 5.22. The van der Waals surface area contributed by atoms with Crippen LogP contribution in [-0.4, -0.2) is 24.5 Å². The minimum absolute atomic E-state index is 0.757. The SMILES string of the molecule is [CH]=C=C1CCN(CC(C)C)C1. The molecule has 1 rings (SSSR count). The fourth-order valence-corrected chi connectivity index (χ4v) is 1.51. The van der Waals surface area contributed by atoms with E-state index in [4.69, 9.17) is 6.58 Å². The van der Waals surface area contributed by atoms with E-state index in [0.717, 1.165) is 25.4 Å². The van der Waals surface area contributed by atoms with Gasteiger partial charge >= 0.3 is 0 Å². The fourth-order valence-electron chi connectivity index (χ4n) is 1.51. The van der Waals surface area contributed by atoms with E-state index in [2.05, 4.69) is 24.5 Å². The summed E-state index contributed by atoms with van der Waals surface area (Å²) in [4.78, 5) is 2.43. The van der Waals surface area contributed by atoms with Crippen molar-refractivity contribution in [1.82, 2.24) is 4.90 Å². The molecule has 1 radical (unpaired) electrons. The highest BCUT2D eigenvalue weighted by Crippen LogP contribution is 2.14. The van der Waals surface area contributed by atoms with Gasteiger partial charge in [-0.2, -0.15) is 0 Å². The lowest BCUT2D eigenvalue weighted by Crippen LogP contribution is -2.24. The van der Waals surface area contributed by atoms with Crippen molar-refractivity contribution in [2.24, 2.45) is 5.92 Å². The molecule has 1 fully saturated rings. The van der Waals surface area contributed by atoms with E-state index in [1.54, 1.807) is 0 Å². The Morgan fingerprint density at radius 1 is 1.64 bits per heavy atom. The van der Waals surface area contributed by atoms with Crippen LogP contribution in [-0.2, 0) is 0 Å². The Bertz CT molecular complexity index is 175. The van der Waals surface area contributed by atoms with Gasteiger partial charge in [0.05, 0.1) is 0 Å². The van der Waals surface area contributed by atoms with Gasteiger partial charge in [-0.15, -0.1) is 5.73 Å². The van der Waals surface area contributed by atoms with Gasteiger partial charge in [-0.3, -0.25) is 4.90 Å². The van der Waals surface area contributed by atoms with Crippen LogP contribution in [0, 0.1) is 12.5 Å². The summed E-state index contributed by atoms with van der Waals surface area (Å²) >= 11 is 0. The molecule has 0 saturated carbocycles. The Balaban J connectivity index is 2.36. The van der Waals surface area contributed by atoms with Crippen LogP contribution >= 0.6 is 0 Å². The lowest BCUT2D eigenvalue weighted by atomic mass is 10.2. The molecule has 1 nitrogen and oxygen atoms in total. The molecule has 61 valence electrons. The lowest BCUT2D eigenvalue weighted by molar-refractivity contribution is 0.303. The molecule has 0 bridgehead atoms. The van der Waals surface area contributed by atoms with Crippen LogP contribution in [0.4, 0.5) is 0 Å². The van der Waals surface area contributed by atoms with Gasteiger partial charge in [-0.25, -0.2) is 0 Å². The van der Waals surface area contributed by atoms with E-state index < -0.39 is 0 Å². The molecule has 11 heavy (non-hydrogen) atoms. The van der Waals surface area contributed by atoms with Gasteiger partial charge in [0.25, 0.3) is 0 Å². The predicted octanol–water partition coefficient (Wildman–Crippen LogP) is 1.86. The number of likely N-dealkylation sites (tertiary alicyclic amines) is 1. The number of hydrogen-bond donors (Lipinski definition) is 0. The molecule has 0 aromatic carbocycles. The monoisotopic (exact) mass is 150 g/mol. The van der Waals surface area contributed by atoms with E-state index in [0.29, 0.717) is 0 Å². The highest BCUT2D eigenvalue weighted by atomic mass is 15.1. The van der Waals surface area contributed by atoms with Crippen molar-refractivity contribution in [2.45, 2.75) is 20.3 Å². The zero-order chi connectivity index (χ0) is 8.27. The molecule has 0 aliphatic carbocycles. The molecule has 1 saturated heterocycles. The molecule has 0 aromatic heterocycles. The first-order valence-corrected chi connectivity index (χ1v) is 4.26. The Hall–Kier alpha value is -0.520. The van der Waals surface area contributed by atoms with Crippen LogP contribution in [0.3, 0.4) is 0 Å². The number of rotatable bonds is 2. The minimum atomic E-state index is 0.757. The quantitative estimate of drug-likeness (QED) is 0.543. The molecule has 0 aromatic rings. The summed E-state index contributed by atoms with van der Waals surface area (Å²) in [6, 6.07) is 0. The maximum Gasteiger partial charge on any atom is 0.0269 e. The highest BCUT2D eigenvalue weighted by molar-refractivity contribution is 5.06. The van der Waals surface area contributed by atoms with Gasteiger partial charge < -0.3 is 0 Å². The van der Waals surface area contributed by atoms with Gasteiger partial charge in [0.1, 0.15) is 0 Å². The second-order valence-electron chi connectivity index (χ2n) is 3.63. The first-order valence-electron chi connectivity index (χ1n) is 4.26.